The van der Waals surface area contributed by atoms with E-state index in [2.05, 4.69) is 10.5 Å². The second-order valence-corrected chi connectivity index (χ2v) is 10.2. The van der Waals surface area contributed by atoms with E-state index in [1.807, 2.05) is 30.3 Å². The van der Waals surface area contributed by atoms with Crippen LogP contribution in [0.2, 0.25) is 0 Å². The smallest absolute Gasteiger partial charge is 0.273 e. The Kier molecular flexibility index (Phi) is 8.18. The molecule has 0 atom stereocenters. The van der Waals surface area contributed by atoms with Gasteiger partial charge in [0, 0.05) is 0 Å². The molecule has 0 radical (unpaired) electrons. The van der Waals surface area contributed by atoms with Crippen LogP contribution in [0.4, 0.5) is 10.1 Å². The number of rotatable bonds is 9. The maximum absolute atomic E-state index is 13.9. The fraction of sp³-hybridized carbons (Fsp3) is 0.103. The number of carbonyl (C=O) groups excluding carboxylic acids is 1. The molecule has 1 amide bonds. The van der Waals surface area contributed by atoms with E-state index in [0.29, 0.717) is 17.0 Å². The molecule has 4 rings (SSSR count). The molecule has 4 aromatic carbocycles. The van der Waals surface area contributed by atoms with Crippen LogP contribution >= 0.6 is 0 Å². The highest BCUT2D eigenvalue weighted by Gasteiger charge is 2.28. The molecule has 0 aliphatic heterocycles. The number of hydrogen-bond acceptors (Lipinski definition) is 5. The quantitative estimate of drug-likeness (QED) is 0.232. The van der Waals surface area contributed by atoms with E-state index < -0.39 is 15.9 Å². The van der Waals surface area contributed by atoms with Crippen LogP contribution in [0.5, 0.6) is 5.75 Å². The van der Waals surface area contributed by atoms with Crippen molar-refractivity contribution in [2.45, 2.75) is 18.4 Å². The monoisotopic (exact) mass is 531 g/mol. The SMILES string of the molecule is COc1ccc(S(=O)(=O)N(Cc2ccccc2)c2ccccc2C(=O)N/N=C(/C)c2ccc(F)cc2)cc1. The average molecular weight is 532 g/mol. The van der Waals surface area contributed by atoms with Gasteiger partial charge in [0.15, 0.2) is 0 Å². The topological polar surface area (TPSA) is 88.1 Å². The number of anilines is 1. The number of methoxy groups -OCH3 is 1. The summed E-state index contributed by atoms with van der Waals surface area (Å²) in [6.45, 7) is 1.67. The van der Waals surface area contributed by atoms with E-state index in [0.717, 1.165) is 5.56 Å². The Hall–Kier alpha value is -4.50. The standard InChI is InChI=1S/C29H26FN3O4S/c1-21(23-12-14-24(30)15-13-23)31-32-29(34)27-10-6-7-11-28(27)33(20-22-8-4-3-5-9-22)38(35,36)26-18-16-25(37-2)17-19-26/h3-19H,20H2,1-2H3,(H,32,34)/b31-21-. The van der Waals surface area contributed by atoms with Crippen LogP contribution < -0.4 is 14.5 Å². The van der Waals surface area contributed by atoms with Crippen molar-refractivity contribution in [3.63, 3.8) is 0 Å². The number of sulfonamides is 1. The first-order chi connectivity index (χ1) is 18.3. The van der Waals surface area contributed by atoms with Gasteiger partial charge in [-0.1, -0.05) is 54.6 Å². The zero-order valence-electron chi connectivity index (χ0n) is 20.8. The van der Waals surface area contributed by atoms with Crippen LogP contribution in [0.1, 0.15) is 28.4 Å². The van der Waals surface area contributed by atoms with Gasteiger partial charge in [-0.05, 0) is 66.6 Å². The summed E-state index contributed by atoms with van der Waals surface area (Å²) in [5, 5.41) is 4.14. The van der Waals surface area contributed by atoms with Crippen molar-refractivity contribution in [1.82, 2.24) is 5.43 Å². The Morgan fingerprint density at radius 1 is 0.895 bits per heavy atom. The molecule has 0 bridgehead atoms. The molecule has 0 aromatic heterocycles. The van der Waals surface area contributed by atoms with Crippen molar-refractivity contribution in [3.8, 4) is 5.75 Å². The lowest BCUT2D eigenvalue weighted by Gasteiger charge is -2.26. The summed E-state index contributed by atoms with van der Waals surface area (Å²) in [5.41, 5.74) is 4.64. The van der Waals surface area contributed by atoms with Crippen molar-refractivity contribution >= 4 is 27.3 Å². The summed E-state index contributed by atoms with van der Waals surface area (Å²) in [4.78, 5) is 13.3. The highest BCUT2D eigenvalue weighted by Crippen LogP contribution is 2.30. The van der Waals surface area contributed by atoms with E-state index >= 15 is 0 Å². The number of ether oxygens (including phenoxy) is 1. The minimum absolute atomic E-state index is 0.00261. The summed E-state index contributed by atoms with van der Waals surface area (Å²) >= 11 is 0. The first-order valence-electron chi connectivity index (χ1n) is 11.7. The number of benzene rings is 4. The Bertz CT molecular complexity index is 1540. The molecule has 38 heavy (non-hydrogen) atoms. The van der Waals surface area contributed by atoms with E-state index in [-0.39, 0.29) is 28.5 Å². The molecule has 0 heterocycles. The molecule has 0 fully saturated rings. The van der Waals surface area contributed by atoms with Crippen molar-refractivity contribution in [2.75, 3.05) is 11.4 Å². The third-order valence-corrected chi connectivity index (χ3v) is 7.59. The number of amides is 1. The van der Waals surface area contributed by atoms with Crippen LogP contribution in [0.15, 0.2) is 113 Å². The molecular formula is C29H26FN3O4S. The second kappa shape index (κ2) is 11.7. The van der Waals surface area contributed by atoms with E-state index in [9.17, 15) is 17.6 Å². The molecule has 0 spiro atoms. The molecule has 1 N–H and O–H groups in total. The van der Waals surface area contributed by atoms with Gasteiger partial charge < -0.3 is 4.74 Å². The summed E-state index contributed by atoms with van der Waals surface area (Å²) in [6, 6.07) is 27.3. The number of nitrogens with zero attached hydrogens (tertiary/aromatic N) is 2. The number of hydrazone groups is 1. The lowest BCUT2D eigenvalue weighted by atomic mass is 10.1. The van der Waals surface area contributed by atoms with Gasteiger partial charge in [0.1, 0.15) is 11.6 Å². The third kappa shape index (κ3) is 6.07. The minimum atomic E-state index is -4.09. The highest BCUT2D eigenvalue weighted by atomic mass is 32.2. The Balaban J connectivity index is 1.72. The van der Waals surface area contributed by atoms with Crippen molar-refractivity contribution < 1.29 is 22.3 Å². The molecule has 4 aromatic rings. The molecule has 7 nitrogen and oxygen atoms in total. The average Bonchev–Trinajstić information content (AvgIpc) is 2.95. The molecule has 0 aliphatic rings. The van der Waals surface area contributed by atoms with Gasteiger partial charge >= 0.3 is 0 Å². The summed E-state index contributed by atoms with van der Waals surface area (Å²) in [7, 11) is -2.58. The predicted molar refractivity (Wildman–Crippen MR) is 145 cm³/mol. The molecule has 0 saturated carbocycles. The minimum Gasteiger partial charge on any atom is -0.497 e. The fourth-order valence-electron chi connectivity index (χ4n) is 3.76. The summed E-state index contributed by atoms with van der Waals surface area (Å²) in [6.07, 6.45) is 0. The lowest BCUT2D eigenvalue weighted by Crippen LogP contribution is -2.33. The van der Waals surface area contributed by atoms with E-state index in [1.54, 1.807) is 49.4 Å². The molecule has 0 unspecified atom stereocenters. The van der Waals surface area contributed by atoms with Crippen LogP contribution in [0, 0.1) is 5.82 Å². The van der Waals surface area contributed by atoms with Gasteiger partial charge in [-0.25, -0.2) is 18.2 Å². The van der Waals surface area contributed by atoms with Gasteiger partial charge in [0.2, 0.25) is 0 Å². The largest absolute Gasteiger partial charge is 0.497 e. The van der Waals surface area contributed by atoms with E-state index in [1.165, 1.54) is 41.7 Å². The van der Waals surface area contributed by atoms with Gasteiger partial charge in [0.05, 0.1) is 35.5 Å². The lowest BCUT2D eigenvalue weighted by molar-refractivity contribution is 0.0955. The zero-order valence-corrected chi connectivity index (χ0v) is 21.7. The Morgan fingerprint density at radius 3 is 2.18 bits per heavy atom. The normalized spacial score (nSPS) is 11.6. The van der Waals surface area contributed by atoms with Crippen LogP contribution in [-0.4, -0.2) is 27.1 Å². The van der Waals surface area contributed by atoms with Gasteiger partial charge in [0.25, 0.3) is 15.9 Å². The predicted octanol–water partition coefficient (Wildman–Crippen LogP) is 5.38. The summed E-state index contributed by atoms with van der Waals surface area (Å²) in [5.74, 6) is -0.450. The van der Waals surface area contributed by atoms with Crippen LogP contribution in [-0.2, 0) is 16.6 Å². The highest BCUT2D eigenvalue weighted by molar-refractivity contribution is 7.92. The summed E-state index contributed by atoms with van der Waals surface area (Å²) < 4.78 is 47.4. The third-order valence-electron chi connectivity index (χ3n) is 5.82. The molecule has 9 heteroatoms. The number of para-hydroxylation sites is 1. The number of nitrogens with one attached hydrogen (secondary N) is 1. The number of halogens is 1. The zero-order chi connectivity index (χ0) is 27.1. The number of carbonyl (C=O) groups is 1. The molecule has 0 saturated heterocycles. The first kappa shape index (κ1) is 26.6. The maximum Gasteiger partial charge on any atom is 0.273 e. The van der Waals surface area contributed by atoms with Crippen molar-refractivity contribution in [3.05, 3.63) is 126 Å². The van der Waals surface area contributed by atoms with E-state index in [4.69, 9.17) is 4.74 Å². The molecule has 0 aliphatic carbocycles. The maximum atomic E-state index is 13.9. The van der Waals surface area contributed by atoms with Crippen LogP contribution in [0.25, 0.3) is 0 Å². The van der Waals surface area contributed by atoms with Crippen molar-refractivity contribution in [2.24, 2.45) is 5.10 Å². The second-order valence-electron chi connectivity index (χ2n) is 8.33. The number of hydrogen-bond donors (Lipinski definition) is 1. The molecule has 194 valence electrons. The van der Waals surface area contributed by atoms with Crippen LogP contribution in [0.3, 0.4) is 0 Å². The van der Waals surface area contributed by atoms with Gasteiger partial charge in [-0.3, -0.25) is 9.10 Å². The van der Waals surface area contributed by atoms with Crippen molar-refractivity contribution in [1.29, 1.82) is 0 Å². The van der Waals surface area contributed by atoms with Gasteiger partial charge in [-0.2, -0.15) is 5.10 Å². The first-order valence-corrected chi connectivity index (χ1v) is 13.1. The fourth-order valence-corrected chi connectivity index (χ4v) is 5.23. The molecular weight excluding hydrogens is 505 g/mol. The Labute approximate surface area is 221 Å². The van der Waals surface area contributed by atoms with Gasteiger partial charge in [-0.15, -0.1) is 0 Å². The Morgan fingerprint density at radius 2 is 1.53 bits per heavy atom.